The molecule has 0 saturated carbocycles. The van der Waals surface area contributed by atoms with Crippen molar-refractivity contribution in [3.05, 3.63) is 70.0 Å². The standard InChI is InChI=1S/2C18H42NSi2.C12H10N2.Sm/c2*1-13(2)20(14(3)4,15(5)6)19-21(16(7)8,17(9)10)18(11)12;1-3-7-11(8-4-1)13-14-12-9-5-2-6-10-12;/h2*13-18H,1-12H3;1-10H;/q2*-1;;. The van der Waals surface area contributed by atoms with E-state index < -0.39 is 32.9 Å². The maximum atomic E-state index is 6.01. The molecule has 4 nitrogen and oxygen atoms in total. The number of nitrogens with zero attached hydrogens (tertiary/aromatic N) is 4. The van der Waals surface area contributed by atoms with Crippen molar-refractivity contribution in [1.29, 1.82) is 0 Å². The first kappa shape index (κ1) is 59.3. The molecule has 9 heteroatoms. The molecule has 0 aliphatic rings. The molecule has 330 valence electrons. The van der Waals surface area contributed by atoms with E-state index >= 15 is 0 Å². The van der Waals surface area contributed by atoms with Crippen molar-refractivity contribution in [2.45, 2.75) is 233 Å². The summed E-state index contributed by atoms with van der Waals surface area (Å²) in [5, 5.41) is 8.20. The zero-order valence-electron chi connectivity index (χ0n) is 41.9. The van der Waals surface area contributed by atoms with Gasteiger partial charge in [0.05, 0.1) is 11.4 Å². The van der Waals surface area contributed by atoms with Crippen LogP contribution in [0.3, 0.4) is 0 Å². The van der Waals surface area contributed by atoms with E-state index in [1.54, 1.807) is 0 Å². The Balaban J connectivity index is 0. The number of rotatable bonds is 18. The summed E-state index contributed by atoms with van der Waals surface area (Å²) in [4.78, 5) is 0. The first-order chi connectivity index (χ1) is 25.7. The van der Waals surface area contributed by atoms with E-state index in [0.29, 0.717) is 0 Å². The van der Waals surface area contributed by atoms with Gasteiger partial charge in [0.15, 0.2) is 0 Å². The van der Waals surface area contributed by atoms with Gasteiger partial charge in [0.25, 0.3) is 0 Å². The number of hydrogen-bond donors (Lipinski definition) is 0. The van der Waals surface area contributed by atoms with Gasteiger partial charge in [-0.05, 0) is 57.2 Å². The third-order valence-electron chi connectivity index (χ3n) is 13.7. The van der Waals surface area contributed by atoms with Gasteiger partial charge in [-0.15, -0.1) is 0 Å². The first-order valence-electron chi connectivity index (χ1n) is 22.7. The Labute approximate surface area is 394 Å². The van der Waals surface area contributed by atoms with Crippen molar-refractivity contribution >= 4 is 44.3 Å². The molecule has 0 bridgehead atoms. The Bertz CT molecular complexity index is 1110. The van der Waals surface area contributed by atoms with Crippen LogP contribution in [0.1, 0.15) is 166 Å². The van der Waals surface area contributed by atoms with Crippen LogP contribution in [0.15, 0.2) is 70.9 Å². The second-order valence-electron chi connectivity index (χ2n) is 20.5. The minimum absolute atomic E-state index is 0. The molecule has 0 aromatic heterocycles. The van der Waals surface area contributed by atoms with E-state index in [0.717, 1.165) is 77.9 Å². The van der Waals surface area contributed by atoms with Gasteiger partial charge in [-0.25, -0.2) is 0 Å². The zero-order chi connectivity index (χ0) is 44.0. The van der Waals surface area contributed by atoms with E-state index in [9.17, 15) is 0 Å². The second-order valence-corrected chi connectivity index (χ2v) is 43.2. The second kappa shape index (κ2) is 26.6. The Morgan fingerprint density at radius 1 is 0.281 bits per heavy atom. The molecule has 2 aromatic carbocycles. The molecule has 0 heterocycles. The fourth-order valence-corrected chi connectivity index (χ4v) is 45.1. The predicted octanol–water partition coefficient (Wildman–Crippen LogP) is 19.5. The molecule has 0 fully saturated rings. The largest absolute Gasteiger partial charge is 0.665 e. The molecule has 0 N–H and O–H groups in total. The van der Waals surface area contributed by atoms with Crippen LogP contribution in [-0.2, 0) is 0 Å². The van der Waals surface area contributed by atoms with E-state index in [1.807, 2.05) is 60.7 Å². The fraction of sp³-hybridized carbons (Fsp3) is 0.750. The summed E-state index contributed by atoms with van der Waals surface area (Å²) in [6.07, 6.45) is 0. The van der Waals surface area contributed by atoms with E-state index in [2.05, 4.69) is 176 Å². The SMILES string of the molecule is CC(C)[Si]([N-][Si](C(C)C)(C(C)C)C(C)C)(C(C)C)C(C)C.CC(C)[Si]([N-][Si](C(C)C)(C(C)C)C(C)C)(C(C)C)C(C)C.[Sm].c1ccc(N=Nc2ccccc2)cc1. The minimum atomic E-state index is -1.66. The van der Waals surface area contributed by atoms with E-state index in [-0.39, 0.29) is 40.4 Å². The van der Waals surface area contributed by atoms with Crippen LogP contribution in [0.5, 0.6) is 0 Å². The van der Waals surface area contributed by atoms with Crippen LogP contribution < -0.4 is 0 Å². The summed E-state index contributed by atoms with van der Waals surface area (Å²) in [5.41, 5.74) is 10.6. The maximum Gasteiger partial charge on any atom is 0.0857 e. The minimum Gasteiger partial charge on any atom is -0.665 e. The van der Waals surface area contributed by atoms with E-state index in [4.69, 9.17) is 9.30 Å². The molecule has 57 heavy (non-hydrogen) atoms. The van der Waals surface area contributed by atoms with Crippen LogP contribution in [0, 0.1) is 40.4 Å². The maximum absolute atomic E-state index is 6.01. The molecule has 0 aliphatic heterocycles. The average Bonchev–Trinajstić information content (AvgIpc) is 3.08. The molecule has 0 radical (unpaired) electrons. The van der Waals surface area contributed by atoms with Crippen LogP contribution in [-0.4, -0.2) is 32.9 Å². The van der Waals surface area contributed by atoms with Gasteiger partial charge in [-0.2, -0.15) is 10.2 Å². The van der Waals surface area contributed by atoms with Crippen LogP contribution in [0.25, 0.3) is 9.30 Å². The average molecular weight is 990 g/mol. The molecule has 2 rings (SSSR count). The van der Waals surface area contributed by atoms with Gasteiger partial charge >= 0.3 is 0 Å². The van der Waals surface area contributed by atoms with Gasteiger partial charge < -0.3 is 9.30 Å². The molecule has 0 saturated heterocycles. The van der Waals surface area contributed by atoms with Gasteiger partial charge in [0.2, 0.25) is 0 Å². The molecular weight excluding hydrogens is 895 g/mol. The van der Waals surface area contributed by atoms with Crippen LogP contribution in [0.2, 0.25) is 66.5 Å². The molecule has 0 unspecified atom stereocenters. The molecule has 0 amide bonds. The van der Waals surface area contributed by atoms with Gasteiger partial charge in [-0.3, -0.25) is 0 Å². The molecule has 0 aliphatic carbocycles. The van der Waals surface area contributed by atoms with E-state index in [1.165, 1.54) is 0 Å². The van der Waals surface area contributed by atoms with Gasteiger partial charge in [0, 0.05) is 40.4 Å². The quantitative estimate of drug-likeness (QED) is 0.106. The van der Waals surface area contributed by atoms with Crippen molar-refractivity contribution < 1.29 is 40.4 Å². The number of benzene rings is 2. The van der Waals surface area contributed by atoms with Gasteiger partial charge in [0.1, 0.15) is 0 Å². The smallest absolute Gasteiger partial charge is 0.0857 e. The molecule has 0 spiro atoms. The molecular formula is C48H94N4Si4Sm-2. The van der Waals surface area contributed by atoms with Gasteiger partial charge in [-0.1, -0.05) is 269 Å². The van der Waals surface area contributed by atoms with Crippen molar-refractivity contribution in [3.63, 3.8) is 0 Å². The third kappa shape index (κ3) is 14.9. The van der Waals surface area contributed by atoms with Crippen molar-refractivity contribution in [2.24, 2.45) is 10.2 Å². The summed E-state index contributed by atoms with van der Waals surface area (Å²) in [5.74, 6) is 0. The van der Waals surface area contributed by atoms with Crippen LogP contribution in [0.4, 0.5) is 11.4 Å². The Hall–Kier alpha value is 0.165. The van der Waals surface area contributed by atoms with Crippen LogP contribution >= 0.6 is 0 Å². The monoisotopic (exact) mass is 991 g/mol. The third-order valence-corrected chi connectivity index (χ3v) is 42.1. The Kier molecular flexibility index (Phi) is 27.6. The molecule has 2 aromatic rings. The summed E-state index contributed by atoms with van der Waals surface area (Å²) in [6.45, 7) is 58.6. The normalized spacial score (nSPS) is 13.3. The Morgan fingerprint density at radius 3 is 0.544 bits per heavy atom. The van der Waals surface area contributed by atoms with Crippen molar-refractivity contribution in [2.75, 3.05) is 0 Å². The predicted molar refractivity (Wildman–Crippen MR) is 268 cm³/mol. The van der Waals surface area contributed by atoms with Crippen molar-refractivity contribution in [3.8, 4) is 0 Å². The number of azo groups is 1. The molecule has 0 atom stereocenters. The Morgan fingerprint density at radius 2 is 0.421 bits per heavy atom. The van der Waals surface area contributed by atoms with Crippen molar-refractivity contribution in [1.82, 2.24) is 0 Å². The number of hydrogen-bond acceptors (Lipinski definition) is 2. The topological polar surface area (TPSA) is 52.9 Å². The summed E-state index contributed by atoms with van der Waals surface area (Å²) in [7, 11) is -6.66. The fourth-order valence-electron chi connectivity index (χ4n) is 11.3. The summed E-state index contributed by atoms with van der Waals surface area (Å²) < 4.78 is 12.0. The summed E-state index contributed by atoms with van der Waals surface area (Å²) in [6, 6.07) is 19.4. The summed E-state index contributed by atoms with van der Waals surface area (Å²) >= 11 is 0. The zero-order valence-corrected chi connectivity index (χ0v) is 48.5. The first-order valence-corrected chi connectivity index (χ1v) is 31.4.